The zero-order chi connectivity index (χ0) is 35.1. The third kappa shape index (κ3) is 11.3. The molecule has 0 heterocycles. The summed E-state index contributed by atoms with van der Waals surface area (Å²) < 4.78 is 6.10. The summed E-state index contributed by atoms with van der Waals surface area (Å²) in [5.74, 6) is 5.21. The number of rotatable bonds is 20. The Hall–Kier alpha value is -1.83. The van der Waals surface area contributed by atoms with E-state index in [1.165, 1.54) is 83.5 Å². The zero-order valence-electron chi connectivity index (χ0n) is 32.9. The lowest BCUT2D eigenvalue weighted by molar-refractivity contribution is -0.151. The fraction of sp³-hybridized carbons (Fsp3) is 0.766. The molecule has 4 aliphatic rings. The van der Waals surface area contributed by atoms with E-state index in [0.29, 0.717) is 17.3 Å². The number of hydrogen-bond donors (Lipinski definition) is 0. The molecule has 2 nitrogen and oxygen atoms in total. The van der Waals surface area contributed by atoms with E-state index in [4.69, 9.17) is 4.74 Å². The number of carbonyl (C=O) groups is 1. The van der Waals surface area contributed by atoms with E-state index < -0.39 is 0 Å². The van der Waals surface area contributed by atoms with E-state index >= 15 is 0 Å². The van der Waals surface area contributed by atoms with Gasteiger partial charge in [-0.1, -0.05) is 134 Å². The van der Waals surface area contributed by atoms with Crippen LogP contribution in [0.1, 0.15) is 176 Å². The molecule has 3 saturated carbocycles. The second kappa shape index (κ2) is 20.3. The summed E-state index contributed by atoms with van der Waals surface area (Å²) in [4.78, 5) is 12.8. The predicted molar refractivity (Wildman–Crippen MR) is 211 cm³/mol. The normalized spacial score (nSPS) is 32.2. The molecule has 49 heavy (non-hydrogen) atoms. The third-order valence-electron chi connectivity index (χ3n) is 13.8. The van der Waals surface area contributed by atoms with Crippen molar-refractivity contribution < 1.29 is 9.53 Å². The molecule has 0 spiro atoms. The first-order valence-corrected chi connectivity index (χ1v) is 21.2. The fourth-order valence-electron chi connectivity index (χ4n) is 10.9. The highest BCUT2D eigenvalue weighted by atomic mass is 16.5. The Morgan fingerprint density at radius 2 is 1.47 bits per heavy atom. The molecule has 0 aromatic carbocycles. The Labute approximate surface area is 303 Å². The molecule has 1 unspecified atom stereocenters. The zero-order valence-corrected chi connectivity index (χ0v) is 32.9. The van der Waals surface area contributed by atoms with Gasteiger partial charge in [0.25, 0.3) is 0 Å². The van der Waals surface area contributed by atoms with Crippen LogP contribution in [-0.4, -0.2) is 12.1 Å². The van der Waals surface area contributed by atoms with Crippen molar-refractivity contribution >= 4 is 5.97 Å². The summed E-state index contributed by atoms with van der Waals surface area (Å²) in [6.07, 6.45) is 45.7. The minimum Gasteiger partial charge on any atom is -0.462 e. The van der Waals surface area contributed by atoms with E-state index in [2.05, 4.69) is 96.2 Å². The summed E-state index contributed by atoms with van der Waals surface area (Å²) in [5.41, 5.74) is 2.48. The maximum atomic E-state index is 12.8. The monoisotopic (exact) mass is 673 g/mol. The van der Waals surface area contributed by atoms with Gasteiger partial charge in [-0.25, -0.2) is 0 Å². The van der Waals surface area contributed by atoms with E-state index in [9.17, 15) is 4.79 Å². The first-order valence-electron chi connectivity index (χ1n) is 21.2. The van der Waals surface area contributed by atoms with Gasteiger partial charge in [0, 0.05) is 12.8 Å². The van der Waals surface area contributed by atoms with Gasteiger partial charge in [0.05, 0.1) is 0 Å². The van der Waals surface area contributed by atoms with Crippen LogP contribution in [0.25, 0.3) is 0 Å². The van der Waals surface area contributed by atoms with Crippen molar-refractivity contribution in [3.05, 3.63) is 60.3 Å². The van der Waals surface area contributed by atoms with E-state index in [0.717, 1.165) is 80.5 Å². The quantitative estimate of drug-likeness (QED) is 0.0731. The topological polar surface area (TPSA) is 26.3 Å². The number of carbonyl (C=O) groups excluding carboxylic acids is 1. The number of hydrogen-bond acceptors (Lipinski definition) is 2. The summed E-state index contributed by atoms with van der Waals surface area (Å²) in [6, 6.07) is 0. The highest BCUT2D eigenvalue weighted by Gasteiger charge is 2.59. The van der Waals surface area contributed by atoms with Crippen molar-refractivity contribution in [2.24, 2.45) is 46.3 Å². The van der Waals surface area contributed by atoms with Crippen LogP contribution in [0, 0.1) is 46.3 Å². The Balaban J connectivity index is 1.13. The summed E-state index contributed by atoms with van der Waals surface area (Å²) in [7, 11) is 0. The maximum Gasteiger partial charge on any atom is 0.306 e. The molecule has 4 rings (SSSR count). The molecule has 0 radical (unpaired) electrons. The molecule has 0 aliphatic heterocycles. The first-order chi connectivity index (χ1) is 23.7. The summed E-state index contributed by atoms with van der Waals surface area (Å²) >= 11 is 0. The van der Waals surface area contributed by atoms with Crippen LogP contribution in [0.3, 0.4) is 0 Å². The Bertz CT molecular complexity index is 1140. The van der Waals surface area contributed by atoms with Gasteiger partial charge >= 0.3 is 5.97 Å². The second-order valence-electron chi connectivity index (χ2n) is 17.6. The number of allylic oxidation sites excluding steroid dienone is 9. The number of esters is 1. The molecule has 3 fully saturated rings. The van der Waals surface area contributed by atoms with E-state index in [-0.39, 0.29) is 12.1 Å². The van der Waals surface area contributed by atoms with Gasteiger partial charge in [-0.2, -0.15) is 0 Å². The van der Waals surface area contributed by atoms with Crippen LogP contribution in [0.5, 0.6) is 0 Å². The van der Waals surface area contributed by atoms with Crippen molar-refractivity contribution in [1.29, 1.82) is 0 Å². The minimum atomic E-state index is 0.00622. The predicted octanol–water partition coefficient (Wildman–Crippen LogP) is 14.1. The smallest absolute Gasteiger partial charge is 0.306 e. The first kappa shape index (κ1) is 39.9. The van der Waals surface area contributed by atoms with Gasteiger partial charge in [-0.05, 0) is 136 Å². The van der Waals surface area contributed by atoms with Crippen LogP contribution < -0.4 is 0 Å². The minimum absolute atomic E-state index is 0.00622. The molecule has 8 atom stereocenters. The van der Waals surface area contributed by atoms with Gasteiger partial charge in [0.1, 0.15) is 6.10 Å². The summed E-state index contributed by atoms with van der Waals surface area (Å²) in [6.45, 7) is 14.9. The molecule has 0 aromatic rings. The van der Waals surface area contributed by atoms with Crippen molar-refractivity contribution in [2.45, 2.75) is 182 Å². The average molecular weight is 673 g/mol. The average Bonchev–Trinajstić information content (AvgIpc) is 3.43. The SMILES string of the molecule is CCCCCC=CCC=CCC=CCC=CCCCC(=O)OC1CC[C@@]2(C)C(=CC[C@H]3[C@@H]4CC[C@H]([C@H](C)CCCC(C)C)[C@@]4(C)CC[C@@H]32)C1. The highest BCUT2D eigenvalue weighted by molar-refractivity contribution is 5.69. The molecule has 4 aliphatic carbocycles. The lowest BCUT2D eigenvalue weighted by Crippen LogP contribution is -2.51. The molecule has 276 valence electrons. The van der Waals surface area contributed by atoms with Gasteiger partial charge < -0.3 is 4.74 Å². The molecule has 0 amide bonds. The van der Waals surface area contributed by atoms with Crippen LogP contribution in [0.15, 0.2) is 60.3 Å². The van der Waals surface area contributed by atoms with Gasteiger partial charge in [0.2, 0.25) is 0 Å². The lowest BCUT2D eigenvalue weighted by atomic mass is 9.47. The number of unbranched alkanes of at least 4 members (excludes halogenated alkanes) is 4. The van der Waals surface area contributed by atoms with Gasteiger partial charge in [0.15, 0.2) is 0 Å². The summed E-state index contributed by atoms with van der Waals surface area (Å²) in [5, 5.41) is 0. The molecule has 0 saturated heterocycles. The molecule has 2 heteroatoms. The van der Waals surface area contributed by atoms with Gasteiger partial charge in [-0.15, -0.1) is 0 Å². The van der Waals surface area contributed by atoms with Crippen LogP contribution in [0.4, 0.5) is 0 Å². The fourth-order valence-corrected chi connectivity index (χ4v) is 10.9. The van der Waals surface area contributed by atoms with Crippen molar-refractivity contribution in [3.63, 3.8) is 0 Å². The second-order valence-corrected chi connectivity index (χ2v) is 17.6. The largest absolute Gasteiger partial charge is 0.462 e. The van der Waals surface area contributed by atoms with Crippen molar-refractivity contribution in [2.75, 3.05) is 0 Å². The standard InChI is InChI=1S/C47H76O2/c1-7-8-9-10-11-12-13-14-15-16-17-18-19-20-21-22-23-27-45(48)49-40-32-34-46(5)39(36-40)28-29-41-43-31-30-42(38(4)26-24-25-37(2)3)47(43,6)35-33-44(41)46/h11-12,14-15,17-18,20-21,28,37-38,40-44H,7-10,13,16,19,22-27,29-36H2,1-6H3/t38-,40?,41+,42-,43+,44+,46+,47-/m1/s1. The Kier molecular flexibility index (Phi) is 16.5. The van der Waals surface area contributed by atoms with Crippen molar-refractivity contribution in [1.82, 2.24) is 0 Å². The maximum absolute atomic E-state index is 12.8. The molecule has 0 bridgehead atoms. The van der Waals surface area contributed by atoms with E-state index in [1.54, 1.807) is 5.57 Å². The Morgan fingerprint density at radius 1 is 0.796 bits per heavy atom. The molecule has 0 aromatic heterocycles. The highest BCUT2D eigenvalue weighted by Crippen LogP contribution is 2.67. The van der Waals surface area contributed by atoms with Crippen LogP contribution in [-0.2, 0) is 9.53 Å². The molecule has 0 N–H and O–H groups in total. The van der Waals surface area contributed by atoms with Crippen LogP contribution >= 0.6 is 0 Å². The molecular weight excluding hydrogens is 597 g/mol. The van der Waals surface area contributed by atoms with E-state index in [1.807, 2.05) is 0 Å². The van der Waals surface area contributed by atoms with Crippen molar-refractivity contribution in [3.8, 4) is 0 Å². The van der Waals surface area contributed by atoms with Gasteiger partial charge in [-0.3, -0.25) is 4.79 Å². The number of ether oxygens (including phenoxy) is 1. The third-order valence-corrected chi connectivity index (χ3v) is 13.8. The molecular formula is C47H76O2. The Morgan fingerprint density at radius 3 is 2.14 bits per heavy atom. The number of fused-ring (bicyclic) bond motifs is 5. The van der Waals surface area contributed by atoms with Crippen LogP contribution in [0.2, 0.25) is 0 Å². The lowest BCUT2D eigenvalue weighted by Gasteiger charge is -2.58.